The van der Waals surface area contributed by atoms with Crippen molar-refractivity contribution in [3.63, 3.8) is 0 Å². The van der Waals surface area contributed by atoms with E-state index in [2.05, 4.69) is 20.9 Å². The van der Waals surface area contributed by atoms with Crippen molar-refractivity contribution in [2.24, 2.45) is 4.99 Å². The summed E-state index contributed by atoms with van der Waals surface area (Å²) in [5, 5.41) is 9.13. The Labute approximate surface area is 142 Å². The zero-order valence-corrected chi connectivity index (χ0v) is 14.6. The number of amides is 1. The number of methoxy groups -OCH3 is 1. The first kappa shape index (κ1) is 19.9. The molecule has 1 unspecified atom stereocenters. The number of hydrogen-bond acceptors (Lipinski definition) is 3. The molecule has 7 heteroatoms. The van der Waals surface area contributed by atoms with Gasteiger partial charge in [-0.1, -0.05) is 12.1 Å². The number of nitrogens with zero attached hydrogens (tertiary/aromatic N) is 1. The van der Waals surface area contributed by atoms with Crippen molar-refractivity contribution in [2.75, 3.05) is 33.4 Å². The van der Waals surface area contributed by atoms with Gasteiger partial charge in [-0.05, 0) is 31.5 Å². The van der Waals surface area contributed by atoms with E-state index in [0.717, 1.165) is 6.54 Å². The summed E-state index contributed by atoms with van der Waals surface area (Å²) in [4.78, 5) is 16.2. The van der Waals surface area contributed by atoms with E-state index in [1.807, 2.05) is 13.8 Å². The van der Waals surface area contributed by atoms with Crippen LogP contribution in [0.25, 0.3) is 0 Å². The van der Waals surface area contributed by atoms with Gasteiger partial charge in [-0.15, -0.1) is 0 Å². The standard InChI is InChI=1S/C17H27FN4O2/c1-4-19-17(22-13(2)12-24-3)21-9-8-20-16(23)11-14-6-5-7-15(18)10-14/h5-7,10,13H,4,8-9,11-12H2,1-3H3,(H,20,23)(H2,19,21,22). The first-order valence-electron chi connectivity index (χ1n) is 8.10. The molecule has 6 nitrogen and oxygen atoms in total. The smallest absolute Gasteiger partial charge is 0.224 e. The number of carbonyl (C=O) groups is 1. The van der Waals surface area contributed by atoms with Crippen LogP contribution in [-0.2, 0) is 16.0 Å². The van der Waals surface area contributed by atoms with Crippen LogP contribution in [0.15, 0.2) is 29.3 Å². The highest BCUT2D eigenvalue weighted by molar-refractivity contribution is 5.80. The number of guanidine groups is 1. The molecule has 0 aliphatic carbocycles. The van der Waals surface area contributed by atoms with Crippen molar-refractivity contribution in [1.82, 2.24) is 16.0 Å². The quantitative estimate of drug-likeness (QED) is 0.358. The molecule has 0 saturated carbocycles. The lowest BCUT2D eigenvalue weighted by molar-refractivity contribution is -0.120. The second-order valence-electron chi connectivity index (χ2n) is 5.42. The van der Waals surface area contributed by atoms with Crippen LogP contribution in [0.4, 0.5) is 4.39 Å². The van der Waals surface area contributed by atoms with Crippen molar-refractivity contribution in [3.05, 3.63) is 35.6 Å². The fourth-order valence-corrected chi connectivity index (χ4v) is 2.10. The van der Waals surface area contributed by atoms with E-state index in [1.165, 1.54) is 12.1 Å². The second-order valence-corrected chi connectivity index (χ2v) is 5.42. The molecule has 0 fully saturated rings. The van der Waals surface area contributed by atoms with Crippen LogP contribution in [0.2, 0.25) is 0 Å². The molecule has 0 spiro atoms. The fourth-order valence-electron chi connectivity index (χ4n) is 2.10. The van der Waals surface area contributed by atoms with Gasteiger partial charge in [0.2, 0.25) is 5.91 Å². The van der Waals surface area contributed by atoms with E-state index in [0.29, 0.717) is 31.2 Å². The summed E-state index contributed by atoms with van der Waals surface area (Å²) in [6, 6.07) is 6.18. The zero-order chi connectivity index (χ0) is 17.8. The normalized spacial score (nSPS) is 12.6. The summed E-state index contributed by atoms with van der Waals surface area (Å²) in [5.74, 6) is 0.194. The van der Waals surface area contributed by atoms with Gasteiger partial charge in [0.15, 0.2) is 5.96 Å². The lowest BCUT2D eigenvalue weighted by Crippen LogP contribution is -2.44. The molecule has 1 rings (SSSR count). The third-order valence-electron chi connectivity index (χ3n) is 3.10. The lowest BCUT2D eigenvalue weighted by atomic mass is 10.1. The van der Waals surface area contributed by atoms with E-state index in [4.69, 9.17) is 4.74 Å². The predicted octanol–water partition coefficient (Wildman–Crippen LogP) is 1.07. The Morgan fingerprint density at radius 3 is 2.83 bits per heavy atom. The van der Waals surface area contributed by atoms with Gasteiger partial charge in [0, 0.05) is 26.2 Å². The zero-order valence-electron chi connectivity index (χ0n) is 14.6. The summed E-state index contributed by atoms with van der Waals surface area (Å²) in [5.41, 5.74) is 0.652. The number of nitrogens with one attached hydrogen (secondary N) is 3. The molecule has 134 valence electrons. The summed E-state index contributed by atoms with van der Waals surface area (Å²) in [6.07, 6.45) is 0.157. The lowest BCUT2D eigenvalue weighted by Gasteiger charge is -2.17. The molecule has 1 amide bonds. The maximum atomic E-state index is 13.1. The number of carbonyl (C=O) groups excluding carboxylic acids is 1. The minimum absolute atomic E-state index is 0.135. The summed E-state index contributed by atoms with van der Waals surface area (Å²) < 4.78 is 18.1. The van der Waals surface area contributed by atoms with E-state index in [1.54, 1.807) is 19.2 Å². The Morgan fingerprint density at radius 1 is 1.38 bits per heavy atom. The summed E-state index contributed by atoms with van der Waals surface area (Å²) in [7, 11) is 1.65. The topological polar surface area (TPSA) is 74.8 Å². The van der Waals surface area contributed by atoms with Crippen LogP contribution in [0.1, 0.15) is 19.4 Å². The third-order valence-corrected chi connectivity index (χ3v) is 3.10. The van der Waals surface area contributed by atoms with Crippen molar-refractivity contribution >= 4 is 11.9 Å². The van der Waals surface area contributed by atoms with Crippen LogP contribution in [0.3, 0.4) is 0 Å². The monoisotopic (exact) mass is 338 g/mol. The SMILES string of the molecule is CCNC(=NCCNC(=O)Cc1cccc(F)c1)NC(C)COC. The number of ether oxygens (including phenoxy) is 1. The van der Waals surface area contributed by atoms with Crippen molar-refractivity contribution in [2.45, 2.75) is 26.3 Å². The Hall–Kier alpha value is -2.15. The number of aliphatic imine (C=N–C) groups is 1. The molecule has 0 aliphatic heterocycles. The molecule has 24 heavy (non-hydrogen) atoms. The Bertz CT molecular complexity index is 537. The van der Waals surface area contributed by atoms with E-state index in [-0.39, 0.29) is 24.2 Å². The van der Waals surface area contributed by atoms with Crippen molar-refractivity contribution in [1.29, 1.82) is 0 Å². The third kappa shape index (κ3) is 8.47. The van der Waals surface area contributed by atoms with Gasteiger partial charge in [0.25, 0.3) is 0 Å². The minimum Gasteiger partial charge on any atom is -0.383 e. The van der Waals surface area contributed by atoms with Crippen LogP contribution >= 0.6 is 0 Å². The van der Waals surface area contributed by atoms with Crippen LogP contribution < -0.4 is 16.0 Å². The number of benzene rings is 1. The molecule has 0 aromatic heterocycles. The van der Waals surface area contributed by atoms with Gasteiger partial charge in [0.05, 0.1) is 19.6 Å². The Kier molecular flexibility index (Phi) is 9.45. The van der Waals surface area contributed by atoms with Crippen molar-refractivity contribution < 1.29 is 13.9 Å². The minimum atomic E-state index is -0.337. The first-order chi connectivity index (χ1) is 11.5. The van der Waals surface area contributed by atoms with Gasteiger partial charge in [-0.25, -0.2) is 4.39 Å². The maximum absolute atomic E-state index is 13.1. The highest BCUT2D eigenvalue weighted by atomic mass is 19.1. The summed E-state index contributed by atoms with van der Waals surface area (Å²) in [6.45, 7) is 6.18. The Morgan fingerprint density at radius 2 is 2.17 bits per heavy atom. The molecule has 3 N–H and O–H groups in total. The molecular formula is C17H27FN4O2. The molecular weight excluding hydrogens is 311 g/mol. The molecule has 0 saturated heterocycles. The van der Waals surface area contributed by atoms with Gasteiger partial charge in [0.1, 0.15) is 5.82 Å². The summed E-state index contributed by atoms with van der Waals surface area (Å²) >= 11 is 0. The van der Waals surface area contributed by atoms with E-state index in [9.17, 15) is 9.18 Å². The van der Waals surface area contributed by atoms with Crippen LogP contribution in [0.5, 0.6) is 0 Å². The number of hydrogen-bond donors (Lipinski definition) is 3. The van der Waals surface area contributed by atoms with E-state index >= 15 is 0 Å². The van der Waals surface area contributed by atoms with Crippen LogP contribution in [0, 0.1) is 5.82 Å². The predicted molar refractivity (Wildman–Crippen MR) is 93.6 cm³/mol. The fraction of sp³-hybridized carbons (Fsp3) is 0.529. The average molecular weight is 338 g/mol. The first-order valence-corrected chi connectivity index (χ1v) is 8.10. The molecule has 1 aromatic rings. The molecule has 0 aliphatic rings. The van der Waals surface area contributed by atoms with E-state index < -0.39 is 0 Å². The van der Waals surface area contributed by atoms with Gasteiger partial charge >= 0.3 is 0 Å². The molecule has 1 atom stereocenters. The average Bonchev–Trinajstić information content (AvgIpc) is 2.52. The number of halogens is 1. The maximum Gasteiger partial charge on any atom is 0.224 e. The highest BCUT2D eigenvalue weighted by Crippen LogP contribution is 2.03. The number of rotatable bonds is 9. The van der Waals surface area contributed by atoms with Crippen LogP contribution in [-0.4, -0.2) is 51.3 Å². The molecule has 1 aromatic carbocycles. The second kappa shape index (κ2) is 11.4. The van der Waals surface area contributed by atoms with Gasteiger partial charge < -0.3 is 20.7 Å². The molecule has 0 radical (unpaired) electrons. The largest absolute Gasteiger partial charge is 0.383 e. The Balaban J connectivity index is 2.36. The molecule has 0 bridgehead atoms. The van der Waals surface area contributed by atoms with Gasteiger partial charge in [-0.3, -0.25) is 9.79 Å². The highest BCUT2D eigenvalue weighted by Gasteiger charge is 2.05. The molecule has 0 heterocycles. The van der Waals surface area contributed by atoms with Crippen molar-refractivity contribution in [3.8, 4) is 0 Å². The van der Waals surface area contributed by atoms with Gasteiger partial charge in [-0.2, -0.15) is 0 Å².